The Morgan fingerprint density at radius 3 is 2.38 bits per heavy atom. The Morgan fingerprint density at radius 2 is 1.76 bits per heavy atom. The van der Waals surface area contributed by atoms with Crippen molar-refractivity contribution < 1.29 is 9.47 Å². The fourth-order valence-electron chi connectivity index (χ4n) is 2.59. The monoisotopic (exact) mass is 285 g/mol. The van der Waals surface area contributed by atoms with Crippen LogP contribution in [-0.4, -0.2) is 27.8 Å². The van der Waals surface area contributed by atoms with Gasteiger partial charge in [0.2, 0.25) is 0 Å². The SMILES string of the molecule is CNCC(Cc1cc(OC)ccc1OC)c1ccccc1. The van der Waals surface area contributed by atoms with E-state index in [0.717, 1.165) is 24.5 Å². The molecule has 0 aromatic heterocycles. The minimum atomic E-state index is 0.400. The summed E-state index contributed by atoms with van der Waals surface area (Å²) in [7, 11) is 5.38. The number of nitrogens with one attached hydrogen (secondary N) is 1. The van der Waals surface area contributed by atoms with Crippen molar-refractivity contribution in [2.45, 2.75) is 12.3 Å². The number of hydrogen-bond donors (Lipinski definition) is 1. The summed E-state index contributed by atoms with van der Waals surface area (Å²) in [4.78, 5) is 0. The quantitative estimate of drug-likeness (QED) is 0.847. The van der Waals surface area contributed by atoms with E-state index in [1.165, 1.54) is 11.1 Å². The fourth-order valence-corrected chi connectivity index (χ4v) is 2.59. The lowest BCUT2D eigenvalue weighted by atomic mass is 9.91. The van der Waals surface area contributed by atoms with Gasteiger partial charge in [-0.3, -0.25) is 0 Å². The first-order valence-electron chi connectivity index (χ1n) is 7.19. The van der Waals surface area contributed by atoms with Crippen LogP contribution in [0.25, 0.3) is 0 Å². The fraction of sp³-hybridized carbons (Fsp3) is 0.333. The van der Waals surface area contributed by atoms with Gasteiger partial charge in [0, 0.05) is 12.5 Å². The van der Waals surface area contributed by atoms with Gasteiger partial charge in [0.15, 0.2) is 0 Å². The lowest BCUT2D eigenvalue weighted by molar-refractivity contribution is 0.397. The van der Waals surface area contributed by atoms with Gasteiger partial charge in [-0.1, -0.05) is 30.3 Å². The zero-order valence-electron chi connectivity index (χ0n) is 12.9. The molecule has 0 amide bonds. The van der Waals surface area contributed by atoms with E-state index in [1.54, 1.807) is 14.2 Å². The Hall–Kier alpha value is -2.00. The molecule has 3 heteroatoms. The van der Waals surface area contributed by atoms with Gasteiger partial charge in [0.05, 0.1) is 14.2 Å². The summed E-state index contributed by atoms with van der Waals surface area (Å²) < 4.78 is 10.8. The second kappa shape index (κ2) is 7.70. The van der Waals surface area contributed by atoms with E-state index in [4.69, 9.17) is 9.47 Å². The summed E-state index contributed by atoms with van der Waals surface area (Å²) in [5.41, 5.74) is 2.50. The number of rotatable bonds is 7. The summed E-state index contributed by atoms with van der Waals surface area (Å²) in [5, 5.41) is 3.28. The molecule has 0 aliphatic rings. The van der Waals surface area contributed by atoms with Crippen molar-refractivity contribution in [3.63, 3.8) is 0 Å². The largest absolute Gasteiger partial charge is 0.497 e. The predicted molar refractivity (Wildman–Crippen MR) is 86.4 cm³/mol. The number of ether oxygens (including phenoxy) is 2. The van der Waals surface area contributed by atoms with Gasteiger partial charge in [-0.05, 0) is 42.8 Å². The van der Waals surface area contributed by atoms with Crippen LogP contribution in [0, 0.1) is 0 Å². The van der Waals surface area contributed by atoms with Crippen molar-refractivity contribution in [2.75, 3.05) is 27.8 Å². The highest BCUT2D eigenvalue weighted by Crippen LogP contribution is 2.29. The Bertz CT molecular complexity index is 554. The summed E-state index contributed by atoms with van der Waals surface area (Å²) >= 11 is 0. The zero-order valence-corrected chi connectivity index (χ0v) is 12.9. The van der Waals surface area contributed by atoms with Crippen LogP contribution in [0.2, 0.25) is 0 Å². The van der Waals surface area contributed by atoms with Crippen LogP contribution in [-0.2, 0) is 6.42 Å². The Kier molecular flexibility index (Phi) is 5.64. The number of benzene rings is 2. The highest BCUT2D eigenvalue weighted by atomic mass is 16.5. The van der Waals surface area contributed by atoms with Gasteiger partial charge in [-0.2, -0.15) is 0 Å². The van der Waals surface area contributed by atoms with E-state index in [-0.39, 0.29) is 0 Å². The predicted octanol–water partition coefficient (Wildman–Crippen LogP) is 3.25. The molecule has 2 rings (SSSR count). The Morgan fingerprint density at radius 1 is 1.00 bits per heavy atom. The maximum absolute atomic E-state index is 5.48. The molecule has 1 N–H and O–H groups in total. The molecule has 0 spiro atoms. The van der Waals surface area contributed by atoms with Crippen molar-refractivity contribution in [1.29, 1.82) is 0 Å². The molecular weight excluding hydrogens is 262 g/mol. The highest BCUT2D eigenvalue weighted by molar-refractivity contribution is 5.41. The van der Waals surface area contributed by atoms with Gasteiger partial charge >= 0.3 is 0 Å². The normalized spacial score (nSPS) is 12.0. The Labute approximate surface area is 126 Å². The van der Waals surface area contributed by atoms with E-state index >= 15 is 0 Å². The molecule has 21 heavy (non-hydrogen) atoms. The van der Waals surface area contributed by atoms with Crippen LogP contribution in [0.3, 0.4) is 0 Å². The minimum absolute atomic E-state index is 0.400. The lowest BCUT2D eigenvalue weighted by Gasteiger charge is -2.19. The van der Waals surface area contributed by atoms with E-state index in [1.807, 2.05) is 25.2 Å². The maximum Gasteiger partial charge on any atom is 0.122 e. The van der Waals surface area contributed by atoms with Crippen LogP contribution in [0.4, 0.5) is 0 Å². The second-order valence-corrected chi connectivity index (χ2v) is 5.05. The van der Waals surface area contributed by atoms with E-state index in [0.29, 0.717) is 5.92 Å². The van der Waals surface area contributed by atoms with Gasteiger partial charge in [-0.25, -0.2) is 0 Å². The van der Waals surface area contributed by atoms with Crippen molar-refractivity contribution in [3.05, 3.63) is 59.7 Å². The van der Waals surface area contributed by atoms with Gasteiger partial charge in [0.1, 0.15) is 11.5 Å². The van der Waals surface area contributed by atoms with Crippen LogP contribution >= 0.6 is 0 Å². The average molecular weight is 285 g/mol. The average Bonchev–Trinajstić information content (AvgIpc) is 2.55. The van der Waals surface area contributed by atoms with Crippen LogP contribution < -0.4 is 14.8 Å². The van der Waals surface area contributed by atoms with Crippen molar-refractivity contribution in [1.82, 2.24) is 5.32 Å². The summed E-state index contributed by atoms with van der Waals surface area (Å²) in [6.45, 7) is 0.921. The first-order chi connectivity index (χ1) is 10.3. The first kappa shape index (κ1) is 15.4. The lowest BCUT2D eigenvalue weighted by Crippen LogP contribution is -2.19. The van der Waals surface area contributed by atoms with Crippen molar-refractivity contribution >= 4 is 0 Å². The van der Waals surface area contributed by atoms with Crippen LogP contribution in [0.5, 0.6) is 11.5 Å². The summed E-state index contributed by atoms with van der Waals surface area (Å²) in [6.07, 6.45) is 0.908. The number of hydrogen-bond acceptors (Lipinski definition) is 3. The number of methoxy groups -OCH3 is 2. The third-order valence-electron chi connectivity index (χ3n) is 3.68. The highest BCUT2D eigenvalue weighted by Gasteiger charge is 2.15. The summed E-state index contributed by atoms with van der Waals surface area (Å²) in [5.74, 6) is 2.17. The molecule has 3 nitrogen and oxygen atoms in total. The van der Waals surface area contributed by atoms with E-state index in [9.17, 15) is 0 Å². The molecule has 0 aliphatic carbocycles. The Balaban J connectivity index is 2.28. The third kappa shape index (κ3) is 3.99. The minimum Gasteiger partial charge on any atom is -0.497 e. The number of likely N-dealkylation sites (N-methyl/N-ethyl adjacent to an activating group) is 1. The molecule has 1 atom stereocenters. The molecule has 0 saturated heterocycles. The molecule has 0 saturated carbocycles. The molecule has 0 radical (unpaired) electrons. The standard InChI is InChI=1S/C18H23NO2/c1-19-13-16(14-7-5-4-6-8-14)11-15-12-17(20-2)9-10-18(15)21-3/h4-10,12,16,19H,11,13H2,1-3H3. The molecule has 1 unspecified atom stereocenters. The second-order valence-electron chi connectivity index (χ2n) is 5.05. The van der Waals surface area contributed by atoms with Gasteiger partial charge < -0.3 is 14.8 Å². The van der Waals surface area contributed by atoms with E-state index < -0.39 is 0 Å². The smallest absolute Gasteiger partial charge is 0.122 e. The molecule has 0 heterocycles. The molecular formula is C18H23NO2. The van der Waals surface area contributed by atoms with Crippen molar-refractivity contribution in [3.8, 4) is 11.5 Å². The maximum atomic E-state index is 5.48. The van der Waals surface area contributed by atoms with E-state index in [2.05, 4.69) is 35.6 Å². The molecule has 2 aromatic carbocycles. The summed E-state index contributed by atoms with van der Waals surface area (Å²) in [6, 6.07) is 16.5. The molecule has 2 aromatic rings. The van der Waals surface area contributed by atoms with Crippen molar-refractivity contribution in [2.24, 2.45) is 0 Å². The first-order valence-corrected chi connectivity index (χ1v) is 7.19. The van der Waals surface area contributed by atoms with Gasteiger partial charge in [-0.15, -0.1) is 0 Å². The third-order valence-corrected chi connectivity index (χ3v) is 3.68. The topological polar surface area (TPSA) is 30.5 Å². The molecule has 0 aliphatic heterocycles. The molecule has 0 bridgehead atoms. The van der Waals surface area contributed by atoms with Crippen LogP contribution in [0.15, 0.2) is 48.5 Å². The zero-order chi connectivity index (χ0) is 15.1. The van der Waals surface area contributed by atoms with Crippen LogP contribution in [0.1, 0.15) is 17.0 Å². The van der Waals surface area contributed by atoms with Gasteiger partial charge in [0.25, 0.3) is 0 Å². The molecule has 112 valence electrons. The molecule has 0 fully saturated rings.